The van der Waals surface area contributed by atoms with Gasteiger partial charge in [-0.3, -0.25) is 4.79 Å². The smallest absolute Gasteiger partial charge is 0.223 e. The Morgan fingerprint density at radius 3 is 2.95 bits per heavy atom. The van der Waals surface area contributed by atoms with E-state index in [-0.39, 0.29) is 5.91 Å². The van der Waals surface area contributed by atoms with E-state index < -0.39 is 0 Å². The third-order valence-electron chi connectivity index (χ3n) is 4.09. The molecule has 1 aromatic carbocycles. The number of carbonyl (C=O) groups is 1. The topological polar surface area (TPSA) is 36.1 Å². The average molecular weight is 280 g/mol. The molecule has 3 heteroatoms. The van der Waals surface area contributed by atoms with E-state index in [0.717, 1.165) is 18.5 Å². The number of H-pyrrole nitrogens is 1. The summed E-state index contributed by atoms with van der Waals surface area (Å²) in [5.41, 5.74) is 2.32. The molecule has 1 saturated carbocycles. The van der Waals surface area contributed by atoms with Gasteiger partial charge >= 0.3 is 0 Å². The van der Waals surface area contributed by atoms with Crippen LogP contribution in [0.1, 0.15) is 24.8 Å². The molecular formula is C18H20N2O. The molecule has 0 spiro atoms. The summed E-state index contributed by atoms with van der Waals surface area (Å²) in [7, 11) is 0. The maximum absolute atomic E-state index is 12.3. The van der Waals surface area contributed by atoms with Crippen molar-refractivity contribution in [3.8, 4) is 12.3 Å². The lowest BCUT2D eigenvalue weighted by atomic mass is 10.1. The summed E-state index contributed by atoms with van der Waals surface area (Å²) in [6.45, 7) is 1.26. The van der Waals surface area contributed by atoms with Crippen LogP contribution in [-0.2, 0) is 11.2 Å². The normalized spacial score (nSPS) is 14.0. The number of aryl methyl sites for hydroxylation is 1. The van der Waals surface area contributed by atoms with Crippen LogP contribution in [0.4, 0.5) is 0 Å². The Morgan fingerprint density at radius 1 is 1.38 bits per heavy atom. The monoisotopic (exact) mass is 280 g/mol. The number of aromatic nitrogens is 1. The van der Waals surface area contributed by atoms with Gasteiger partial charge in [0, 0.05) is 30.1 Å². The summed E-state index contributed by atoms with van der Waals surface area (Å²) < 4.78 is 0. The highest BCUT2D eigenvalue weighted by Gasteiger charge is 2.26. The summed E-state index contributed by atoms with van der Waals surface area (Å²) in [5, 5.41) is 1.20. The quantitative estimate of drug-likeness (QED) is 0.811. The molecule has 1 aliphatic rings. The first-order valence-corrected chi connectivity index (χ1v) is 7.54. The number of aromatic amines is 1. The second kappa shape index (κ2) is 6.05. The molecule has 0 unspecified atom stereocenters. The summed E-state index contributed by atoms with van der Waals surface area (Å²) in [4.78, 5) is 17.4. The number of hydrogen-bond acceptors (Lipinski definition) is 1. The van der Waals surface area contributed by atoms with Gasteiger partial charge in [-0.15, -0.1) is 6.42 Å². The van der Waals surface area contributed by atoms with Gasteiger partial charge in [-0.05, 0) is 36.8 Å². The van der Waals surface area contributed by atoms with Crippen molar-refractivity contribution in [3.63, 3.8) is 0 Å². The molecule has 1 heterocycles. The number of fused-ring (bicyclic) bond motifs is 1. The number of carbonyl (C=O) groups excluding carboxylic acids is 1. The molecule has 3 rings (SSSR count). The maximum atomic E-state index is 12.3. The Labute approximate surface area is 125 Å². The highest BCUT2D eigenvalue weighted by atomic mass is 16.2. The van der Waals surface area contributed by atoms with E-state index in [2.05, 4.69) is 23.0 Å². The molecule has 3 nitrogen and oxygen atoms in total. The van der Waals surface area contributed by atoms with Gasteiger partial charge in [-0.25, -0.2) is 0 Å². The number of nitrogens with one attached hydrogen (secondary N) is 1. The fraction of sp³-hybridized carbons (Fsp3) is 0.389. The van der Waals surface area contributed by atoms with E-state index in [1.165, 1.54) is 23.8 Å². The number of nitrogens with zero attached hydrogens (tertiary/aromatic N) is 1. The summed E-state index contributed by atoms with van der Waals surface area (Å²) in [6.07, 6.45) is 11.1. The molecule has 0 bridgehead atoms. The van der Waals surface area contributed by atoms with Gasteiger partial charge in [0.25, 0.3) is 0 Å². The molecule has 1 aromatic heterocycles. The first kappa shape index (κ1) is 13.8. The maximum Gasteiger partial charge on any atom is 0.223 e. The molecule has 1 fully saturated rings. The number of para-hydroxylation sites is 1. The molecule has 0 atom stereocenters. The van der Waals surface area contributed by atoms with Crippen molar-refractivity contribution in [1.82, 2.24) is 9.88 Å². The van der Waals surface area contributed by atoms with Gasteiger partial charge in [0.2, 0.25) is 5.91 Å². The minimum atomic E-state index is 0.171. The van der Waals surface area contributed by atoms with Crippen molar-refractivity contribution < 1.29 is 4.79 Å². The Morgan fingerprint density at radius 2 is 2.19 bits per heavy atom. The molecule has 0 saturated heterocycles. The van der Waals surface area contributed by atoms with Gasteiger partial charge < -0.3 is 9.88 Å². The van der Waals surface area contributed by atoms with Crippen LogP contribution in [0.5, 0.6) is 0 Å². The van der Waals surface area contributed by atoms with Crippen molar-refractivity contribution in [2.24, 2.45) is 5.92 Å². The zero-order valence-corrected chi connectivity index (χ0v) is 12.1. The standard InChI is InChI=1S/C18H20N2O/c1-2-11-20(13-14-7-8-14)18(21)10-9-15-12-19-17-6-4-3-5-16(15)17/h1,3-6,12,14,19H,7-11,13H2. The zero-order chi connectivity index (χ0) is 14.7. The third-order valence-corrected chi connectivity index (χ3v) is 4.09. The lowest BCUT2D eigenvalue weighted by Crippen LogP contribution is -2.33. The zero-order valence-electron chi connectivity index (χ0n) is 12.1. The minimum Gasteiger partial charge on any atom is -0.361 e. The van der Waals surface area contributed by atoms with Gasteiger partial charge in [0.1, 0.15) is 0 Å². The highest BCUT2D eigenvalue weighted by molar-refractivity contribution is 5.84. The Kier molecular flexibility index (Phi) is 3.96. The van der Waals surface area contributed by atoms with Gasteiger partial charge in [-0.1, -0.05) is 24.1 Å². The predicted molar refractivity (Wildman–Crippen MR) is 84.8 cm³/mol. The highest BCUT2D eigenvalue weighted by Crippen LogP contribution is 2.30. The number of terminal acetylenes is 1. The van der Waals surface area contributed by atoms with E-state index >= 15 is 0 Å². The minimum absolute atomic E-state index is 0.171. The van der Waals surface area contributed by atoms with Crippen LogP contribution in [0.2, 0.25) is 0 Å². The number of amides is 1. The van der Waals surface area contributed by atoms with Crippen LogP contribution >= 0.6 is 0 Å². The van der Waals surface area contributed by atoms with Crippen molar-refractivity contribution >= 4 is 16.8 Å². The fourth-order valence-electron chi connectivity index (χ4n) is 2.72. The van der Waals surface area contributed by atoms with Crippen LogP contribution in [0.15, 0.2) is 30.5 Å². The van der Waals surface area contributed by atoms with Crippen LogP contribution in [-0.4, -0.2) is 28.9 Å². The van der Waals surface area contributed by atoms with Crippen LogP contribution in [0, 0.1) is 18.3 Å². The van der Waals surface area contributed by atoms with Crippen molar-refractivity contribution in [2.45, 2.75) is 25.7 Å². The molecule has 1 amide bonds. The summed E-state index contributed by atoms with van der Waals surface area (Å²) in [5.74, 6) is 3.45. The summed E-state index contributed by atoms with van der Waals surface area (Å²) in [6, 6.07) is 8.19. The summed E-state index contributed by atoms with van der Waals surface area (Å²) >= 11 is 0. The molecule has 1 N–H and O–H groups in total. The van der Waals surface area contributed by atoms with Crippen molar-refractivity contribution in [2.75, 3.05) is 13.1 Å². The molecule has 108 valence electrons. The molecule has 2 aromatic rings. The third kappa shape index (κ3) is 3.28. The Hall–Kier alpha value is -2.21. The van der Waals surface area contributed by atoms with E-state index in [1.54, 1.807) is 0 Å². The molecule has 21 heavy (non-hydrogen) atoms. The van der Waals surface area contributed by atoms with E-state index in [1.807, 2.05) is 23.2 Å². The number of hydrogen-bond donors (Lipinski definition) is 1. The second-order valence-electron chi connectivity index (χ2n) is 5.78. The Balaban J connectivity index is 1.62. The SMILES string of the molecule is C#CCN(CC1CC1)C(=O)CCc1c[nH]c2ccccc12. The first-order valence-electron chi connectivity index (χ1n) is 7.54. The lowest BCUT2D eigenvalue weighted by molar-refractivity contribution is -0.130. The van der Waals surface area contributed by atoms with Crippen LogP contribution in [0.25, 0.3) is 10.9 Å². The molecule has 1 aliphatic carbocycles. The van der Waals surface area contributed by atoms with Crippen LogP contribution < -0.4 is 0 Å². The second-order valence-corrected chi connectivity index (χ2v) is 5.78. The molecule has 0 radical (unpaired) electrons. The first-order chi connectivity index (χ1) is 10.3. The molecule has 0 aliphatic heterocycles. The van der Waals surface area contributed by atoms with Gasteiger partial charge in [-0.2, -0.15) is 0 Å². The van der Waals surface area contributed by atoms with Gasteiger partial charge in [0.15, 0.2) is 0 Å². The largest absolute Gasteiger partial charge is 0.361 e. The average Bonchev–Trinajstić information content (AvgIpc) is 3.23. The van der Waals surface area contributed by atoms with Crippen LogP contribution in [0.3, 0.4) is 0 Å². The van der Waals surface area contributed by atoms with Gasteiger partial charge in [0.05, 0.1) is 6.54 Å². The fourth-order valence-corrected chi connectivity index (χ4v) is 2.72. The molecular weight excluding hydrogens is 260 g/mol. The van der Waals surface area contributed by atoms with E-state index in [4.69, 9.17) is 6.42 Å². The lowest BCUT2D eigenvalue weighted by Gasteiger charge is -2.20. The predicted octanol–water partition coefficient (Wildman–Crippen LogP) is 2.97. The number of rotatable bonds is 6. The van der Waals surface area contributed by atoms with Crippen molar-refractivity contribution in [3.05, 3.63) is 36.0 Å². The Bertz CT molecular complexity index is 676. The van der Waals surface area contributed by atoms with Crippen molar-refractivity contribution in [1.29, 1.82) is 0 Å². The number of benzene rings is 1. The van der Waals surface area contributed by atoms with E-state index in [9.17, 15) is 4.79 Å². The van der Waals surface area contributed by atoms with E-state index in [0.29, 0.717) is 18.9 Å².